The van der Waals surface area contributed by atoms with Gasteiger partial charge in [-0.25, -0.2) is 4.79 Å². The zero-order chi connectivity index (χ0) is 18.5. The Morgan fingerprint density at radius 1 is 0.923 bits per heavy atom. The van der Waals surface area contributed by atoms with E-state index in [1.165, 1.54) is 0 Å². The minimum Gasteiger partial charge on any atom is -0.455 e. The number of carbonyl (C=O) groups is 1. The average Bonchev–Trinajstić information content (AvgIpc) is 2.62. The topological polar surface area (TPSA) is 44.8 Å². The molecule has 4 heteroatoms. The third-order valence-corrected chi connectivity index (χ3v) is 3.71. The Kier molecular flexibility index (Phi) is 5.23. The Morgan fingerprint density at radius 3 is 2.42 bits per heavy atom. The smallest absolute Gasteiger partial charge is 0.338 e. The first-order chi connectivity index (χ1) is 12.5. The van der Waals surface area contributed by atoms with Crippen molar-refractivity contribution in [3.8, 4) is 17.2 Å². The number of hydrogen-bond donors (Lipinski definition) is 0. The second-order valence-electron chi connectivity index (χ2n) is 5.93. The van der Waals surface area contributed by atoms with E-state index in [0.717, 1.165) is 16.5 Å². The molecule has 0 N–H and O–H groups in total. The van der Waals surface area contributed by atoms with Crippen molar-refractivity contribution in [3.05, 3.63) is 78.9 Å². The van der Waals surface area contributed by atoms with Gasteiger partial charge in [0.1, 0.15) is 17.2 Å². The van der Waals surface area contributed by atoms with E-state index in [-0.39, 0.29) is 0 Å². The number of hydrogen-bond acceptors (Lipinski definition) is 4. The standard InChI is InChI=1S/C22H20O4/c1-15(2)22(23)26-19-12-13-20-17(14-19)8-7-11-21(20)25-16(3)24-18-9-5-4-6-10-18/h4-14,16H,1H2,2-3H3. The molecule has 0 radical (unpaired) electrons. The van der Waals surface area contributed by atoms with E-state index < -0.39 is 12.3 Å². The SMILES string of the molecule is C=C(C)C(=O)Oc1ccc2c(OC(C)Oc3ccccc3)cccc2c1. The lowest BCUT2D eigenvalue weighted by atomic mass is 10.1. The van der Waals surface area contributed by atoms with Crippen LogP contribution >= 0.6 is 0 Å². The number of carbonyl (C=O) groups excluding carboxylic acids is 1. The quantitative estimate of drug-likeness (QED) is 0.268. The Bertz CT molecular complexity index is 931. The first-order valence-corrected chi connectivity index (χ1v) is 8.32. The third-order valence-electron chi connectivity index (χ3n) is 3.71. The van der Waals surface area contributed by atoms with Crippen LogP contribution in [0.5, 0.6) is 17.2 Å². The number of fused-ring (bicyclic) bond motifs is 1. The lowest BCUT2D eigenvalue weighted by molar-refractivity contribution is -0.130. The molecule has 0 spiro atoms. The predicted octanol–water partition coefficient (Wildman–Crippen LogP) is 5.13. The highest BCUT2D eigenvalue weighted by atomic mass is 16.7. The second-order valence-corrected chi connectivity index (χ2v) is 5.93. The van der Waals surface area contributed by atoms with Gasteiger partial charge in [-0.05, 0) is 48.7 Å². The van der Waals surface area contributed by atoms with Crippen molar-refractivity contribution in [1.82, 2.24) is 0 Å². The summed E-state index contributed by atoms with van der Waals surface area (Å²) in [6.07, 6.45) is -0.455. The maximum Gasteiger partial charge on any atom is 0.338 e. The molecule has 0 bridgehead atoms. The van der Waals surface area contributed by atoms with Crippen LogP contribution in [0.1, 0.15) is 13.8 Å². The molecule has 1 unspecified atom stereocenters. The van der Waals surface area contributed by atoms with Crippen LogP contribution in [-0.2, 0) is 4.79 Å². The molecule has 0 aromatic heterocycles. The fraction of sp³-hybridized carbons (Fsp3) is 0.136. The minimum atomic E-state index is -0.455. The molecule has 1 atom stereocenters. The molecule has 26 heavy (non-hydrogen) atoms. The lowest BCUT2D eigenvalue weighted by Gasteiger charge is -2.18. The molecule has 3 rings (SSSR count). The summed E-state index contributed by atoms with van der Waals surface area (Å²) in [5.74, 6) is 1.47. The van der Waals surface area contributed by atoms with Crippen LogP contribution in [0.4, 0.5) is 0 Å². The van der Waals surface area contributed by atoms with Gasteiger partial charge in [0.25, 0.3) is 0 Å². The van der Waals surface area contributed by atoms with E-state index in [9.17, 15) is 4.79 Å². The molecule has 0 aliphatic carbocycles. The molecular formula is C22H20O4. The fourth-order valence-corrected chi connectivity index (χ4v) is 2.49. The molecule has 0 amide bonds. The molecule has 3 aromatic rings. The van der Waals surface area contributed by atoms with Crippen molar-refractivity contribution in [2.24, 2.45) is 0 Å². The largest absolute Gasteiger partial charge is 0.455 e. The highest BCUT2D eigenvalue weighted by Crippen LogP contribution is 2.30. The summed E-state index contributed by atoms with van der Waals surface area (Å²) in [5, 5.41) is 1.81. The molecule has 3 aromatic carbocycles. The third kappa shape index (κ3) is 4.22. The Morgan fingerprint density at radius 2 is 1.69 bits per heavy atom. The maximum atomic E-state index is 11.7. The Labute approximate surface area is 152 Å². The van der Waals surface area contributed by atoms with Crippen LogP contribution in [-0.4, -0.2) is 12.3 Å². The van der Waals surface area contributed by atoms with Crippen molar-refractivity contribution < 1.29 is 19.0 Å². The van der Waals surface area contributed by atoms with Crippen molar-refractivity contribution in [2.75, 3.05) is 0 Å². The molecular weight excluding hydrogens is 328 g/mol. The zero-order valence-corrected chi connectivity index (χ0v) is 14.8. The molecule has 4 nitrogen and oxygen atoms in total. The van der Waals surface area contributed by atoms with Gasteiger partial charge in [0.15, 0.2) is 0 Å². The molecule has 0 fully saturated rings. The molecule has 0 saturated carbocycles. The van der Waals surface area contributed by atoms with Gasteiger partial charge in [0.05, 0.1) is 0 Å². The van der Waals surface area contributed by atoms with Crippen LogP contribution in [0.25, 0.3) is 10.8 Å². The van der Waals surface area contributed by atoms with Crippen LogP contribution in [0.3, 0.4) is 0 Å². The van der Waals surface area contributed by atoms with Gasteiger partial charge in [0, 0.05) is 17.9 Å². The summed E-state index contributed by atoms with van der Waals surface area (Å²) < 4.78 is 17.0. The Hall–Kier alpha value is -3.27. The van der Waals surface area contributed by atoms with Gasteiger partial charge in [-0.3, -0.25) is 0 Å². The maximum absolute atomic E-state index is 11.7. The minimum absolute atomic E-state index is 0.356. The average molecular weight is 348 g/mol. The number of esters is 1. The van der Waals surface area contributed by atoms with Gasteiger partial charge in [0.2, 0.25) is 6.29 Å². The van der Waals surface area contributed by atoms with Crippen molar-refractivity contribution >= 4 is 16.7 Å². The van der Waals surface area contributed by atoms with E-state index in [4.69, 9.17) is 14.2 Å². The molecule has 0 aliphatic rings. The summed E-state index contributed by atoms with van der Waals surface area (Å²) in [6.45, 7) is 7.04. The van der Waals surface area contributed by atoms with Crippen LogP contribution in [0.2, 0.25) is 0 Å². The summed E-state index contributed by atoms with van der Waals surface area (Å²) in [7, 11) is 0. The zero-order valence-electron chi connectivity index (χ0n) is 14.8. The van der Waals surface area contributed by atoms with E-state index in [0.29, 0.717) is 17.1 Å². The van der Waals surface area contributed by atoms with Gasteiger partial charge >= 0.3 is 5.97 Å². The normalized spacial score (nSPS) is 11.6. The van der Waals surface area contributed by atoms with Crippen LogP contribution < -0.4 is 14.2 Å². The first-order valence-electron chi connectivity index (χ1n) is 8.32. The van der Waals surface area contributed by atoms with Gasteiger partial charge < -0.3 is 14.2 Å². The van der Waals surface area contributed by atoms with Crippen molar-refractivity contribution in [1.29, 1.82) is 0 Å². The number of benzene rings is 3. The number of para-hydroxylation sites is 1. The fourth-order valence-electron chi connectivity index (χ4n) is 2.49. The highest BCUT2D eigenvalue weighted by Gasteiger charge is 2.11. The molecule has 132 valence electrons. The lowest BCUT2D eigenvalue weighted by Crippen LogP contribution is -2.19. The highest BCUT2D eigenvalue weighted by molar-refractivity contribution is 5.92. The summed E-state index contributed by atoms with van der Waals surface area (Å²) in [6, 6.07) is 20.6. The predicted molar refractivity (Wildman–Crippen MR) is 102 cm³/mol. The summed E-state index contributed by atoms with van der Waals surface area (Å²) in [4.78, 5) is 11.7. The molecule has 0 saturated heterocycles. The van der Waals surface area contributed by atoms with Crippen LogP contribution in [0.15, 0.2) is 78.9 Å². The monoisotopic (exact) mass is 348 g/mol. The Balaban J connectivity index is 1.78. The van der Waals surface area contributed by atoms with Crippen molar-refractivity contribution in [3.63, 3.8) is 0 Å². The van der Waals surface area contributed by atoms with Gasteiger partial charge in [-0.2, -0.15) is 0 Å². The number of ether oxygens (including phenoxy) is 3. The van der Waals surface area contributed by atoms with Crippen molar-refractivity contribution in [2.45, 2.75) is 20.1 Å². The van der Waals surface area contributed by atoms with E-state index in [1.54, 1.807) is 19.1 Å². The van der Waals surface area contributed by atoms with Gasteiger partial charge in [-0.15, -0.1) is 0 Å². The number of rotatable bonds is 6. The summed E-state index contributed by atoms with van der Waals surface area (Å²) in [5.41, 5.74) is 0.356. The van der Waals surface area contributed by atoms with E-state index >= 15 is 0 Å². The molecule has 0 aliphatic heterocycles. The summed E-state index contributed by atoms with van der Waals surface area (Å²) >= 11 is 0. The first kappa shape index (κ1) is 17.5. The second kappa shape index (κ2) is 7.74. The van der Waals surface area contributed by atoms with Gasteiger partial charge in [-0.1, -0.05) is 36.9 Å². The van der Waals surface area contributed by atoms with E-state index in [1.807, 2.05) is 61.5 Å². The van der Waals surface area contributed by atoms with Crippen LogP contribution in [0, 0.1) is 0 Å². The molecule has 0 heterocycles. The van der Waals surface area contributed by atoms with E-state index in [2.05, 4.69) is 6.58 Å².